The number of aliphatic hydroxyl groups excluding tert-OH is 2. The minimum absolute atomic E-state index is 0.514. The summed E-state index contributed by atoms with van der Waals surface area (Å²) in [4.78, 5) is 0. The Morgan fingerprint density at radius 1 is 1.38 bits per heavy atom. The summed E-state index contributed by atoms with van der Waals surface area (Å²) in [5.74, 6) is 0. The zero-order valence-electron chi connectivity index (χ0n) is 5.26. The van der Waals surface area contributed by atoms with Gasteiger partial charge < -0.3 is 10.2 Å². The Hall–Kier alpha value is -0.0800. The number of hydrogen-bond donors (Lipinski definition) is 2. The third-order valence-corrected chi connectivity index (χ3v) is 1.35. The largest absolute Gasteiger partial charge is 0.390 e. The average Bonchev–Trinajstić information content (AvgIpc) is 1.87. The van der Waals surface area contributed by atoms with Gasteiger partial charge in [-0.3, -0.25) is 0 Å². The lowest BCUT2D eigenvalue weighted by Crippen LogP contribution is -2.15. The van der Waals surface area contributed by atoms with Gasteiger partial charge in [0.2, 0.25) is 0 Å². The van der Waals surface area contributed by atoms with Gasteiger partial charge in [-0.05, 0) is 6.42 Å². The summed E-state index contributed by atoms with van der Waals surface area (Å²) in [7, 11) is 0. The van der Waals surface area contributed by atoms with Crippen LogP contribution in [0.25, 0.3) is 0 Å². The van der Waals surface area contributed by atoms with E-state index in [1.165, 1.54) is 0 Å². The standard InChI is InChI=1S/C6H12O2/c1-3-6(2,4-7)5-8/h4-5,7-8H,3H2,1-2H3. The maximum absolute atomic E-state index is 8.47. The highest BCUT2D eigenvalue weighted by molar-refractivity contribution is 4.85. The fourth-order valence-electron chi connectivity index (χ4n) is 0.216. The molecule has 2 heteroatoms. The molecule has 0 rings (SSSR count). The fourth-order valence-corrected chi connectivity index (χ4v) is 0.216. The fraction of sp³-hybridized carbons (Fsp3) is 0.667. The summed E-state index contributed by atoms with van der Waals surface area (Å²) in [5.41, 5.74) is -0.514. The number of hydrogen-bond acceptors (Lipinski definition) is 2. The van der Waals surface area contributed by atoms with Gasteiger partial charge in [-0.15, -0.1) is 0 Å². The topological polar surface area (TPSA) is 40.5 Å². The van der Waals surface area contributed by atoms with Crippen molar-refractivity contribution in [3.63, 3.8) is 0 Å². The molecule has 0 aliphatic heterocycles. The van der Waals surface area contributed by atoms with Crippen LogP contribution in [0, 0.1) is 18.6 Å². The molecular weight excluding hydrogens is 104 g/mol. The van der Waals surface area contributed by atoms with E-state index in [0.717, 1.165) is 13.2 Å². The van der Waals surface area contributed by atoms with Gasteiger partial charge in [0.05, 0.1) is 13.2 Å². The Labute approximate surface area is 50.2 Å². The van der Waals surface area contributed by atoms with E-state index in [1.54, 1.807) is 6.92 Å². The van der Waals surface area contributed by atoms with Crippen molar-refractivity contribution < 1.29 is 10.2 Å². The van der Waals surface area contributed by atoms with E-state index in [2.05, 4.69) is 0 Å². The van der Waals surface area contributed by atoms with Gasteiger partial charge in [0.1, 0.15) is 0 Å². The summed E-state index contributed by atoms with van der Waals surface area (Å²) in [5, 5.41) is 16.9. The van der Waals surface area contributed by atoms with Crippen LogP contribution in [0.2, 0.25) is 0 Å². The molecule has 0 aromatic carbocycles. The lowest BCUT2D eigenvalue weighted by Gasteiger charge is -2.19. The minimum atomic E-state index is -0.514. The molecular formula is C6H12O2. The molecule has 0 aromatic heterocycles. The molecule has 0 aliphatic rings. The maximum Gasteiger partial charge on any atom is 0.0884 e. The molecule has 0 aromatic rings. The van der Waals surface area contributed by atoms with E-state index >= 15 is 0 Å². The molecule has 0 aliphatic carbocycles. The van der Waals surface area contributed by atoms with Crippen LogP contribution in [0.15, 0.2) is 0 Å². The average molecular weight is 116 g/mol. The van der Waals surface area contributed by atoms with Gasteiger partial charge in [-0.25, -0.2) is 0 Å². The lowest BCUT2D eigenvalue weighted by atomic mass is 9.90. The van der Waals surface area contributed by atoms with Crippen LogP contribution >= 0.6 is 0 Å². The highest BCUT2D eigenvalue weighted by Crippen LogP contribution is 2.24. The van der Waals surface area contributed by atoms with Crippen LogP contribution in [0.4, 0.5) is 0 Å². The predicted octanol–water partition coefficient (Wildman–Crippen LogP) is 1.47. The molecule has 0 unspecified atom stereocenters. The van der Waals surface area contributed by atoms with Gasteiger partial charge >= 0.3 is 0 Å². The van der Waals surface area contributed by atoms with Crippen molar-refractivity contribution in [2.75, 3.05) is 0 Å². The molecule has 2 nitrogen and oxygen atoms in total. The first-order chi connectivity index (χ1) is 3.68. The molecule has 0 fully saturated rings. The smallest absolute Gasteiger partial charge is 0.0884 e. The van der Waals surface area contributed by atoms with Crippen LogP contribution in [0.3, 0.4) is 0 Å². The first-order valence-electron chi connectivity index (χ1n) is 2.65. The molecule has 0 atom stereocenters. The second-order valence-electron chi connectivity index (χ2n) is 2.12. The molecule has 2 N–H and O–H groups in total. The minimum Gasteiger partial charge on any atom is -0.390 e. The second-order valence-corrected chi connectivity index (χ2v) is 2.12. The van der Waals surface area contributed by atoms with E-state index in [9.17, 15) is 0 Å². The van der Waals surface area contributed by atoms with Crippen LogP contribution in [-0.2, 0) is 0 Å². The Bertz CT molecular complexity index is 49.3. The monoisotopic (exact) mass is 116 g/mol. The molecule has 0 amide bonds. The zero-order valence-corrected chi connectivity index (χ0v) is 5.26. The van der Waals surface area contributed by atoms with Crippen molar-refractivity contribution in [2.45, 2.75) is 20.3 Å². The normalized spacial score (nSPS) is 12.0. The SMILES string of the molecule is CCC(C)([CH]O)[CH]O. The molecule has 2 radical (unpaired) electrons. The molecule has 48 valence electrons. The number of rotatable bonds is 3. The lowest BCUT2D eigenvalue weighted by molar-refractivity contribution is 0.174. The molecule has 8 heavy (non-hydrogen) atoms. The quantitative estimate of drug-likeness (QED) is 0.586. The summed E-state index contributed by atoms with van der Waals surface area (Å²) in [6.45, 7) is 5.62. The van der Waals surface area contributed by atoms with Crippen LogP contribution in [0.5, 0.6) is 0 Å². The third-order valence-electron chi connectivity index (χ3n) is 1.35. The summed E-state index contributed by atoms with van der Waals surface area (Å²) in [6.07, 6.45) is 0.708. The van der Waals surface area contributed by atoms with Gasteiger partial charge in [0.25, 0.3) is 0 Å². The van der Waals surface area contributed by atoms with Crippen molar-refractivity contribution in [1.29, 1.82) is 0 Å². The van der Waals surface area contributed by atoms with Crippen LogP contribution < -0.4 is 0 Å². The summed E-state index contributed by atoms with van der Waals surface area (Å²) < 4.78 is 0. The van der Waals surface area contributed by atoms with E-state index in [0.29, 0.717) is 6.42 Å². The zero-order chi connectivity index (χ0) is 6.62. The highest BCUT2D eigenvalue weighted by atomic mass is 16.3. The van der Waals surface area contributed by atoms with E-state index in [4.69, 9.17) is 10.2 Å². The molecule has 0 saturated heterocycles. The van der Waals surface area contributed by atoms with Gasteiger partial charge in [0.15, 0.2) is 0 Å². The Morgan fingerprint density at radius 2 is 1.75 bits per heavy atom. The van der Waals surface area contributed by atoms with Crippen molar-refractivity contribution in [1.82, 2.24) is 0 Å². The Balaban J connectivity index is 3.58. The number of aliphatic hydroxyl groups is 2. The van der Waals surface area contributed by atoms with E-state index < -0.39 is 5.41 Å². The van der Waals surface area contributed by atoms with Crippen LogP contribution in [-0.4, -0.2) is 10.2 Å². The predicted molar refractivity (Wildman–Crippen MR) is 30.9 cm³/mol. The molecule has 0 heterocycles. The van der Waals surface area contributed by atoms with Gasteiger partial charge in [-0.2, -0.15) is 0 Å². The third kappa shape index (κ3) is 1.80. The Kier molecular flexibility index (Phi) is 3.02. The highest BCUT2D eigenvalue weighted by Gasteiger charge is 2.20. The summed E-state index contributed by atoms with van der Waals surface area (Å²) in [6, 6.07) is 0. The van der Waals surface area contributed by atoms with Crippen molar-refractivity contribution >= 4 is 0 Å². The van der Waals surface area contributed by atoms with E-state index in [1.807, 2.05) is 6.92 Å². The van der Waals surface area contributed by atoms with Gasteiger partial charge in [-0.1, -0.05) is 13.8 Å². The summed E-state index contributed by atoms with van der Waals surface area (Å²) >= 11 is 0. The molecule has 0 spiro atoms. The van der Waals surface area contributed by atoms with Crippen molar-refractivity contribution in [3.8, 4) is 0 Å². The van der Waals surface area contributed by atoms with Crippen molar-refractivity contribution in [2.24, 2.45) is 5.41 Å². The Morgan fingerprint density at radius 3 is 1.75 bits per heavy atom. The molecule has 0 saturated carbocycles. The maximum atomic E-state index is 8.47. The first-order valence-corrected chi connectivity index (χ1v) is 2.65. The second kappa shape index (κ2) is 3.05. The van der Waals surface area contributed by atoms with Crippen molar-refractivity contribution in [3.05, 3.63) is 13.2 Å². The van der Waals surface area contributed by atoms with Gasteiger partial charge in [0, 0.05) is 5.41 Å². The molecule has 0 bridgehead atoms. The van der Waals surface area contributed by atoms with Crippen LogP contribution in [0.1, 0.15) is 20.3 Å². The van der Waals surface area contributed by atoms with E-state index in [-0.39, 0.29) is 0 Å². The first kappa shape index (κ1) is 7.92.